The lowest BCUT2D eigenvalue weighted by Gasteiger charge is -2.21. The number of nitriles is 1. The number of hydrogen-bond acceptors (Lipinski definition) is 4. The second kappa shape index (κ2) is 5.06. The van der Waals surface area contributed by atoms with E-state index in [0.717, 1.165) is 4.90 Å². The van der Waals surface area contributed by atoms with E-state index in [1.165, 1.54) is 0 Å². The molecule has 1 aliphatic heterocycles. The third-order valence-electron chi connectivity index (χ3n) is 3.18. The zero-order valence-electron chi connectivity index (χ0n) is 10.6. The molecule has 6 nitrogen and oxygen atoms in total. The molecule has 1 atom stereocenters. The van der Waals surface area contributed by atoms with Crippen LogP contribution in [0.3, 0.4) is 0 Å². The molecule has 0 aliphatic carbocycles. The molecular weight excluding hydrogens is 244 g/mol. The van der Waals surface area contributed by atoms with E-state index in [9.17, 15) is 9.59 Å². The molecule has 0 bridgehead atoms. The molecule has 0 spiro atoms. The summed E-state index contributed by atoms with van der Waals surface area (Å²) in [5, 5.41) is 11.2. The number of carbonyl (C=O) groups excluding carboxylic acids is 2. The lowest BCUT2D eigenvalue weighted by Crippen LogP contribution is -2.41. The summed E-state index contributed by atoms with van der Waals surface area (Å²) >= 11 is 0. The molecule has 0 radical (unpaired) electrons. The zero-order chi connectivity index (χ0) is 13.9. The second-order valence-corrected chi connectivity index (χ2v) is 4.52. The average molecular weight is 258 g/mol. The Labute approximate surface area is 111 Å². The topological polar surface area (TPSA) is 86.1 Å². The summed E-state index contributed by atoms with van der Waals surface area (Å²) < 4.78 is 0. The Morgan fingerprint density at radius 3 is 2.95 bits per heavy atom. The van der Waals surface area contributed by atoms with Crippen LogP contribution in [-0.2, 0) is 10.3 Å². The average Bonchev–Trinajstić information content (AvgIpc) is 2.64. The summed E-state index contributed by atoms with van der Waals surface area (Å²) in [6.07, 6.45) is 3.98. The molecule has 3 amide bonds. The van der Waals surface area contributed by atoms with Crippen LogP contribution < -0.4 is 5.32 Å². The Hall–Kier alpha value is -2.42. The standard InChI is InChI=1S/C13H14N4O2/c1-13(10-5-4-7-15-9-10)11(18)17(12(19)16-13)8-3-2-6-14/h4-5,7,9H,2-3,8H2,1H3,(H,16,19). The molecule has 1 N–H and O–H groups in total. The number of hydrogen-bond donors (Lipinski definition) is 1. The maximum absolute atomic E-state index is 12.4. The largest absolute Gasteiger partial charge is 0.325 e. The SMILES string of the molecule is CC1(c2cccnc2)NC(=O)N(CCCC#N)C1=O. The zero-order valence-corrected chi connectivity index (χ0v) is 10.6. The van der Waals surface area contributed by atoms with Crippen molar-refractivity contribution in [1.29, 1.82) is 5.26 Å². The molecule has 98 valence electrons. The van der Waals surface area contributed by atoms with Crippen LogP contribution in [-0.4, -0.2) is 28.4 Å². The third kappa shape index (κ3) is 2.27. The second-order valence-electron chi connectivity index (χ2n) is 4.52. The maximum Gasteiger partial charge on any atom is 0.325 e. The van der Waals surface area contributed by atoms with Gasteiger partial charge in [0.15, 0.2) is 0 Å². The van der Waals surface area contributed by atoms with Gasteiger partial charge in [0.1, 0.15) is 5.54 Å². The molecule has 1 saturated heterocycles. The van der Waals surface area contributed by atoms with Gasteiger partial charge in [0.05, 0.1) is 6.07 Å². The molecule has 1 aromatic rings. The van der Waals surface area contributed by atoms with Crippen molar-refractivity contribution in [3.63, 3.8) is 0 Å². The number of carbonyl (C=O) groups is 2. The van der Waals surface area contributed by atoms with Crippen LogP contribution in [0.25, 0.3) is 0 Å². The minimum Gasteiger partial charge on any atom is -0.319 e. The van der Waals surface area contributed by atoms with Crippen LogP contribution in [0.15, 0.2) is 24.5 Å². The van der Waals surface area contributed by atoms with E-state index in [4.69, 9.17) is 5.26 Å². The highest BCUT2D eigenvalue weighted by molar-refractivity contribution is 6.07. The van der Waals surface area contributed by atoms with E-state index < -0.39 is 11.6 Å². The van der Waals surface area contributed by atoms with E-state index in [1.54, 1.807) is 31.5 Å². The number of imide groups is 1. The van der Waals surface area contributed by atoms with E-state index in [0.29, 0.717) is 18.4 Å². The van der Waals surface area contributed by atoms with E-state index in [2.05, 4.69) is 10.3 Å². The van der Waals surface area contributed by atoms with Crippen molar-refractivity contribution < 1.29 is 9.59 Å². The molecule has 0 saturated carbocycles. The number of pyridine rings is 1. The smallest absolute Gasteiger partial charge is 0.319 e. The minimum atomic E-state index is -1.07. The van der Waals surface area contributed by atoms with Crippen molar-refractivity contribution in [3.05, 3.63) is 30.1 Å². The van der Waals surface area contributed by atoms with Gasteiger partial charge in [-0.25, -0.2) is 4.79 Å². The first-order valence-electron chi connectivity index (χ1n) is 6.01. The molecule has 1 aromatic heterocycles. The molecule has 2 rings (SSSR count). The van der Waals surface area contributed by atoms with Gasteiger partial charge in [0.25, 0.3) is 5.91 Å². The lowest BCUT2D eigenvalue weighted by molar-refractivity contribution is -0.131. The van der Waals surface area contributed by atoms with Gasteiger partial charge in [0, 0.05) is 30.9 Å². The predicted molar refractivity (Wildman–Crippen MR) is 66.7 cm³/mol. The number of amides is 3. The van der Waals surface area contributed by atoms with Crippen molar-refractivity contribution in [2.45, 2.75) is 25.3 Å². The van der Waals surface area contributed by atoms with Crippen LogP contribution >= 0.6 is 0 Å². The van der Waals surface area contributed by atoms with E-state index >= 15 is 0 Å². The number of rotatable bonds is 4. The normalized spacial score (nSPS) is 22.2. The van der Waals surface area contributed by atoms with Crippen LogP contribution in [0, 0.1) is 11.3 Å². The van der Waals surface area contributed by atoms with Gasteiger partial charge < -0.3 is 5.32 Å². The van der Waals surface area contributed by atoms with Crippen LogP contribution in [0.1, 0.15) is 25.3 Å². The van der Waals surface area contributed by atoms with Crippen molar-refractivity contribution in [2.75, 3.05) is 6.54 Å². The third-order valence-corrected chi connectivity index (χ3v) is 3.18. The van der Waals surface area contributed by atoms with Gasteiger partial charge in [-0.15, -0.1) is 0 Å². The fourth-order valence-electron chi connectivity index (χ4n) is 2.07. The summed E-state index contributed by atoms with van der Waals surface area (Å²) in [7, 11) is 0. The monoisotopic (exact) mass is 258 g/mol. The summed E-state index contributed by atoms with van der Waals surface area (Å²) in [5.41, 5.74) is -0.422. The van der Waals surface area contributed by atoms with Crippen molar-refractivity contribution in [1.82, 2.24) is 15.2 Å². The first-order valence-corrected chi connectivity index (χ1v) is 6.01. The lowest BCUT2D eigenvalue weighted by atomic mass is 9.93. The van der Waals surface area contributed by atoms with Gasteiger partial charge in [-0.05, 0) is 19.4 Å². The summed E-state index contributed by atoms with van der Waals surface area (Å²) in [6.45, 7) is 1.92. The Kier molecular flexibility index (Phi) is 3.47. The number of aromatic nitrogens is 1. The van der Waals surface area contributed by atoms with Gasteiger partial charge in [-0.2, -0.15) is 5.26 Å². The first kappa shape index (κ1) is 13.0. The van der Waals surface area contributed by atoms with Crippen LogP contribution in [0.5, 0.6) is 0 Å². The van der Waals surface area contributed by atoms with E-state index in [1.807, 2.05) is 6.07 Å². The van der Waals surface area contributed by atoms with Gasteiger partial charge >= 0.3 is 6.03 Å². The summed E-state index contributed by atoms with van der Waals surface area (Å²) in [4.78, 5) is 29.3. The fraction of sp³-hybridized carbons (Fsp3) is 0.385. The molecule has 1 fully saturated rings. The van der Waals surface area contributed by atoms with Gasteiger partial charge in [-0.3, -0.25) is 14.7 Å². The number of urea groups is 1. The molecule has 19 heavy (non-hydrogen) atoms. The van der Waals surface area contributed by atoms with Crippen molar-refractivity contribution in [3.8, 4) is 6.07 Å². The first-order chi connectivity index (χ1) is 9.09. The van der Waals surface area contributed by atoms with Gasteiger partial charge in [0.2, 0.25) is 0 Å². The Morgan fingerprint density at radius 1 is 1.53 bits per heavy atom. The molecule has 1 unspecified atom stereocenters. The Bertz CT molecular complexity index is 537. The minimum absolute atomic E-state index is 0.258. The predicted octanol–water partition coefficient (Wildman–Crippen LogP) is 1.15. The Balaban J connectivity index is 2.20. The molecule has 6 heteroatoms. The number of nitrogens with zero attached hydrogens (tertiary/aromatic N) is 3. The maximum atomic E-state index is 12.4. The molecule has 0 aromatic carbocycles. The highest BCUT2D eigenvalue weighted by Gasteiger charge is 2.48. The van der Waals surface area contributed by atoms with E-state index in [-0.39, 0.29) is 12.5 Å². The summed E-state index contributed by atoms with van der Waals surface area (Å²) in [6, 6.07) is 5.05. The summed E-state index contributed by atoms with van der Waals surface area (Å²) in [5.74, 6) is -0.302. The number of nitrogens with one attached hydrogen (secondary N) is 1. The van der Waals surface area contributed by atoms with Crippen molar-refractivity contribution >= 4 is 11.9 Å². The van der Waals surface area contributed by atoms with Crippen LogP contribution in [0.2, 0.25) is 0 Å². The van der Waals surface area contributed by atoms with Gasteiger partial charge in [-0.1, -0.05) is 6.07 Å². The molecule has 2 heterocycles. The highest BCUT2D eigenvalue weighted by Crippen LogP contribution is 2.28. The highest BCUT2D eigenvalue weighted by atomic mass is 16.2. The quantitative estimate of drug-likeness (QED) is 0.648. The van der Waals surface area contributed by atoms with Crippen LogP contribution in [0.4, 0.5) is 4.79 Å². The Morgan fingerprint density at radius 2 is 2.32 bits per heavy atom. The molecule has 1 aliphatic rings. The number of unbranched alkanes of at least 4 members (excludes halogenated alkanes) is 1. The fourth-order valence-corrected chi connectivity index (χ4v) is 2.07. The molecular formula is C13H14N4O2. The van der Waals surface area contributed by atoms with Crippen molar-refractivity contribution in [2.24, 2.45) is 0 Å².